The van der Waals surface area contributed by atoms with Crippen LogP contribution in [0.15, 0.2) is 35.5 Å². The van der Waals surface area contributed by atoms with Crippen LogP contribution < -0.4 is 5.73 Å². The Hall–Kier alpha value is -2.15. The van der Waals surface area contributed by atoms with E-state index >= 15 is 0 Å². The van der Waals surface area contributed by atoms with Crippen LogP contribution in [0.4, 0.5) is 14.6 Å². The second-order valence-corrected chi connectivity index (χ2v) is 6.72. The molecular formula is C17H18F2N4S. The molecule has 2 heterocycles. The van der Waals surface area contributed by atoms with Gasteiger partial charge in [-0.2, -0.15) is 0 Å². The molecule has 0 aliphatic heterocycles. The molecule has 0 spiro atoms. The number of hydrogen-bond donors (Lipinski definition) is 1. The highest BCUT2D eigenvalue weighted by Gasteiger charge is 2.08. The first kappa shape index (κ1) is 16.7. The molecule has 0 atom stereocenters. The lowest BCUT2D eigenvalue weighted by Gasteiger charge is -2.06. The van der Waals surface area contributed by atoms with Gasteiger partial charge in [-0.1, -0.05) is 0 Å². The van der Waals surface area contributed by atoms with Crippen molar-refractivity contribution < 1.29 is 8.78 Å². The highest BCUT2D eigenvalue weighted by atomic mass is 32.2. The van der Waals surface area contributed by atoms with Gasteiger partial charge in [-0.05, 0) is 43.7 Å². The van der Waals surface area contributed by atoms with E-state index in [1.54, 1.807) is 6.33 Å². The van der Waals surface area contributed by atoms with Gasteiger partial charge in [-0.15, -0.1) is 11.8 Å². The number of nitrogens with two attached hydrogens (primary N) is 1. The summed E-state index contributed by atoms with van der Waals surface area (Å²) in [4.78, 5) is 9.01. The second kappa shape index (κ2) is 7.17. The number of aromatic nitrogens is 3. The number of anilines is 1. The predicted octanol–water partition coefficient (Wildman–Crippen LogP) is 4.17. The van der Waals surface area contributed by atoms with E-state index in [1.165, 1.54) is 23.9 Å². The summed E-state index contributed by atoms with van der Waals surface area (Å²) in [6.45, 7) is 2.72. The van der Waals surface area contributed by atoms with Gasteiger partial charge in [-0.3, -0.25) is 0 Å². The number of nitrogens with zero attached hydrogens (tertiary/aromatic N) is 3. The first-order valence-corrected chi connectivity index (χ1v) is 8.69. The third-order valence-corrected chi connectivity index (χ3v) is 4.84. The van der Waals surface area contributed by atoms with Crippen LogP contribution in [0, 0.1) is 18.6 Å². The van der Waals surface area contributed by atoms with E-state index in [4.69, 9.17) is 5.73 Å². The van der Waals surface area contributed by atoms with Gasteiger partial charge in [0.1, 0.15) is 17.2 Å². The Labute approximate surface area is 143 Å². The Morgan fingerprint density at radius 3 is 2.83 bits per heavy atom. The van der Waals surface area contributed by atoms with Crippen LogP contribution in [0.5, 0.6) is 0 Å². The summed E-state index contributed by atoms with van der Waals surface area (Å²) < 4.78 is 28.5. The van der Waals surface area contributed by atoms with Crippen molar-refractivity contribution in [3.8, 4) is 0 Å². The fourth-order valence-electron chi connectivity index (χ4n) is 2.55. The minimum Gasteiger partial charge on any atom is -0.382 e. The van der Waals surface area contributed by atoms with Crippen molar-refractivity contribution in [2.24, 2.45) is 0 Å². The molecule has 0 radical (unpaired) electrons. The van der Waals surface area contributed by atoms with Gasteiger partial charge in [0.05, 0.1) is 11.8 Å². The highest BCUT2D eigenvalue weighted by molar-refractivity contribution is 7.99. The Bertz CT molecular complexity index is 863. The standard InChI is InChI=1S/C17H18F2N4S/c1-11-8-14-16(17(20)22-11)21-10-23(14)6-2-3-7-24-15-5-4-12(18)9-13(15)19/h4-5,8-10H,2-3,6-7H2,1H3,(H2,20,22). The zero-order chi connectivity index (χ0) is 17.1. The zero-order valence-corrected chi connectivity index (χ0v) is 14.1. The molecule has 126 valence electrons. The molecule has 7 heteroatoms. The normalized spacial score (nSPS) is 11.3. The minimum atomic E-state index is -0.548. The van der Waals surface area contributed by atoms with Crippen LogP contribution in [0.3, 0.4) is 0 Å². The lowest BCUT2D eigenvalue weighted by atomic mass is 10.3. The number of pyridine rings is 1. The fourth-order valence-corrected chi connectivity index (χ4v) is 3.48. The molecule has 2 N–H and O–H groups in total. The maximum absolute atomic E-state index is 13.5. The monoisotopic (exact) mass is 348 g/mol. The summed E-state index contributed by atoms with van der Waals surface area (Å²) in [6.07, 6.45) is 3.62. The number of nitrogen functional groups attached to an aromatic ring is 1. The molecule has 4 nitrogen and oxygen atoms in total. The molecule has 0 aliphatic carbocycles. The number of aryl methyl sites for hydroxylation is 2. The van der Waals surface area contributed by atoms with Crippen LogP contribution in [-0.2, 0) is 6.54 Å². The molecule has 0 saturated carbocycles. The Morgan fingerprint density at radius 1 is 1.21 bits per heavy atom. The fraction of sp³-hybridized carbons (Fsp3) is 0.294. The molecule has 24 heavy (non-hydrogen) atoms. The van der Waals surface area contributed by atoms with Crippen LogP contribution in [0.25, 0.3) is 11.0 Å². The van der Waals surface area contributed by atoms with Gasteiger partial charge in [0.25, 0.3) is 0 Å². The van der Waals surface area contributed by atoms with E-state index < -0.39 is 11.6 Å². The molecule has 3 aromatic rings. The third kappa shape index (κ3) is 3.67. The predicted molar refractivity (Wildman–Crippen MR) is 93.0 cm³/mol. The first-order chi connectivity index (χ1) is 11.5. The maximum atomic E-state index is 13.5. The number of benzene rings is 1. The second-order valence-electron chi connectivity index (χ2n) is 5.58. The van der Waals surface area contributed by atoms with Crippen molar-refractivity contribution in [3.63, 3.8) is 0 Å². The topological polar surface area (TPSA) is 56.7 Å². The van der Waals surface area contributed by atoms with Gasteiger partial charge in [0, 0.05) is 23.2 Å². The van der Waals surface area contributed by atoms with Crippen molar-refractivity contribution in [2.75, 3.05) is 11.5 Å². The number of unbranched alkanes of at least 4 members (excludes halogenated alkanes) is 1. The smallest absolute Gasteiger partial charge is 0.151 e. The molecule has 1 aromatic carbocycles. The van der Waals surface area contributed by atoms with E-state index in [9.17, 15) is 8.78 Å². The lowest BCUT2D eigenvalue weighted by molar-refractivity contribution is 0.565. The van der Waals surface area contributed by atoms with E-state index in [1.807, 2.05) is 13.0 Å². The summed E-state index contributed by atoms with van der Waals surface area (Å²) in [5, 5.41) is 0. The van der Waals surface area contributed by atoms with Gasteiger partial charge < -0.3 is 10.3 Å². The van der Waals surface area contributed by atoms with Gasteiger partial charge in [0.15, 0.2) is 5.82 Å². The van der Waals surface area contributed by atoms with Crippen LogP contribution in [-0.4, -0.2) is 20.3 Å². The number of hydrogen-bond acceptors (Lipinski definition) is 4. The molecule has 0 saturated heterocycles. The number of fused-ring (bicyclic) bond motifs is 1. The zero-order valence-electron chi connectivity index (χ0n) is 13.3. The maximum Gasteiger partial charge on any atom is 0.151 e. The first-order valence-electron chi connectivity index (χ1n) is 7.70. The van der Waals surface area contributed by atoms with Gasteiger partial charge >= 0.3 is 0 Å². The molecule has 3 rings (SSSR count). The molecule has 0 bridgehead atoms. The summed E-state index contributed by atoms with van der Waals surface area (Å²) in [5.41, 5.74) is 8.46. The van der Waals surface area contributed by atoms with Crippen LogP contribution in [0.1, 0.15) is 18.5 Å². The van der Waals surface area contributed by atoms with Crippen molar-refractivity contribution in [2.45, 2.75) is 31.2 Å². The summed E-state index contributed by atoms with van der Waals surface area (Å²) in [6, 6.07) is 5.66. The number of thioether (sulfide) groups is 1. The summed E-state index contributed by atoms with van der Waals surface area (Å²) >= 11 is 1.40. The summed E-state index contributed by atoms with van der Waals surface area (Å²) in [7, 11) is 0. The number of imidazole rings is 1. The van der Waals surface area contributed by atoms with Crippen molar-refractivity contribution in [1.82, 2.24) is 14.5 Å². The van der Waals surface area contributed by atoms with E-state index in [0.29, 0.717) is 10.7 Å². The molecule has 0 amide bonds. The minimum absolute atomic E-state index is 0.450. The van der Waals surface area contributed by atoms with E-state index in [2.05, 4.69) is 14.5 Å². The van der Waals surface area contributed by atoms with E-state index in [0.717, 1.165) is 47.9 Å². The van der Waals surface area contributed by atoms with Gasteiger partial charge in [0.2, 0.25) is 0 Å². The highest BCUT2D eigenvalue weighted by Crippen LogP contribution is 2.24. The van der Waals surface area contributed by atoms with E-state index in [-0.39, 0.29) is 0 Å². The SMILES string of the molecule is Cc1cc2c(ncn2CCCCSc2ccc(F)cc2F)c(N)n1. The van der Waals surface area contributed by atoms with Crippen molar-refractivity contribution in [1.29, 1.82) is 0 Å². The average Bonchev–Trinajstić information content (AvgIpc) is 2.92. The number of rotatable bonds is 6. The Balaban J connectivity index is 1.54. The summed E-state index contributed by atoms with van der Waals surface area (Å²) in [5.74, 6) is 0.177. The number of halogens is 2. The lowest BCUT2D eigenvalue weighted by Crippen LogP contribution is -1.99. The molecule has 0 aliphatic rings. The molecular weight excluding hydrogens is 330 g/mol. The molecule has 0 unspecified atom stereocenters. The van der Waals surface area contributed by atoms with Crippen LogP contribution >= 0.6 is 11.8 Å². The average molecular weight is 348 g/mol. The quantitative estimate of drug-likeness (QED) is 0.536. The van der Waals surface area contributed by atoms with Crippen molar-refractivity contribution >= 4 is 28.6 Å². The van der Waals surface area contributed by atoms with Gasteiger partial charge in [-0.25, -0.2) is 18.7 Å². The Morgan fingerprint density at radius 2 is 2.04 bits per heavy atom. The van der Waals surface area contributed by atoms with Crippen LogP contribution in [0.2, 0.25) is 0 Å². The molecule has 2 aromatic heterocycles. The third-order valence-electron chi connectivity index (χ3n) is 3.71. The molecule has 0 fully saturated rings. The van der Waals surface area contributed by atoms with Crippen molar-refractivity contribution in [3.05, 3.63) is 47.9 Å². The largest absolute Gasteiger partial charge is 0.382 e. The Kier molecular flexibility index (Phi) is 4.99.